The van der Waals surface area contributed by atoms with E-state index in [1.165, 1.54) is 0 Å². The van der Waals surface area contributed by atoms with Crippen LogP contribution in [0.15, 0.2) is 42.0 Å². The van der Waals surface area contributed by atoms with Crippen LogP contribution in [-0.4, -0.2) is 4.98 Å². The average Bonchev–Trinajstić information content (AvgIpc) is 2.82. The first kappa shape index (κ1) is 10.8. The molecule has 0 spiro atoms. The minimum Gasteiger partial charge on any atom is -0.264 e. The minimum absolute atomic E-state index is 0.855. The van der Waals surface area contributed by atoms with Gasteiger partial charge in [-0.1, -0.05) is 12.1 Å². The van der Waals surface area contributed by atoms with Crippen molar-refractivity contribution in [3.63, 3.8) is 0 Å². The van der Waals surface area contributed by atoms with Gasteiger partial charge in [0.2, 0.25) is 0 Å². The molecule has 2 heterocycles. The molecule has 0 aromatic carbocycles. The van der Waals surface area contributed by atoms with Crippen LogP contribution in [0.2, 0.25) is 0 Å². The second kappa shape index (κ2) is 4.88. The van der Waals surface area contributed by atoms with Crippen molar-refractivity contribution in [2.45, 2.75) is 0 Å². The largest absolute Gasteiger partial charge is 0.264 e. The number of hydrogen-bond acceptors (Lipinski definition) is 4. The molecule has 0 saturated carbocycles. The molecule has 0 N–H and O–H groups in total. The highest BCUT2D eigenvalue weighted by molar-refractivity contribution is 7.96. The molecule has 0 aliphatic heterocycles. The number of aromatic nitrogens is 1. The minimum atomic E-state index is 0.855. The maximum atomic E-state index is 4.48. The predicted molar refractivity (Wildman–Crippen MR) is 73.3 cm³/mol. The second-order valence-corrected chi connectivity index (χ2v) is 4.76. The molecule has 0 atom stereocenters. The van der Waals surface area contributed by atoms with E-state index in [0.29, 0.717) is 0 Å². The van der Waals surface area contributed by atoms with Crippen molar-refractivity contribution in [1.82, 2.24) is 4.98 Å². The van der Waals surface area contributed by atoms with Gasteiger partial charge in [-0.3, -0.25) is 4.98 Å². The van der Waals surface area contributed by atoms with E-state index in [2.05, 4.69) is 30.2 Å². The van der Waals surface area contributed by atoms with Crippen molar-refractivity contribution in [3.05, 3.63) is 52.5 Å². The fourth-order valence-electron chi connectivity index (χ4n) is 1.17. The Morgan fingerprint density at radius 3 is 2.60 bits per heavy atom. The predicted octanol–water partition coefficient (Wildman–Crippen LogP) is 3.83. The first-order valence-electron chi connectivity index (χ1n) is 4.35. The zero-order chi connectivity index (χ0) is 10.7. The fraction of sp³-hybridized carbons (Fsp3) is 0. The van der Waals surface area contributed by atoms with E-state index < -0.39 is 0 Å². The van der Waals surface area contributed by atoms with Crippen molar-refractivity contribution in [3.8, 4) is 0 Å². The quantitative estimate of drug-likeness (QED) is 0.774. The van der Waals surface area contributed by atoms with Gasteiger partial charge in [-0.15, -0.1) is 36.6 Å². The molecular formula is C11H9NS3. The lowest BCUT2D eigenvalue weighted by atomic mass is 10.2. The highest BCUT2D eigenvalue weighted by Gasteiger charge is 2.05. The first-order valence-corrected chi connectivity index (χ1v) is 6.13. The summed E-state index contributed by atoms with van der Waals surface area (Å²) in [4.78, 5) is 6.92. The monoisotopic (exact) mass is 251 g/mol. The molecule has 2 aromatic rings. The normalized spacial score (nSPS) is 12.4. The second-order valence-electron chi connectivity index (χ2n) is 2.92. The van der Waals surface area contributed by atoms with Gasteiger partial charge in [0.15, 0.2) is 0 Å². The fourth-order valence-corrected chi connectivity index (χ4v) is 2.53. The van der Waals surface area contributed by atoms with Crippen molar-refractivity contribution in [1.29, 1.82) is 0 Å². The van der Waals surface area contributed by atoms with Gasteiger partial charge in [0.05, 0.1) is 0 Å². The summed E-state index contributed by atoms with van der Waals surface area (Å²) >= 11 is 10.6. The van der Waals surface area contributed by atoms with Crippen LogP contribution in [0.25, 0.3) is 9.81 Å². The summed E-state index contributed by atoms with van der Waals surface area (Å²) < 4.78 is 0. The Kier molecular flexibility index (Phi) is 3.51. The van der Waals surface area contributed by atoms with Gasteiger partial charge < -0.3 is 0 Å². The third-order valence-electron chi connectivity index (χ3n) is 1.91. The van der Waals surface area contributed by atoms with E-state index in [-0.39, 0.29) is 0 Å². The van der Waals surface area contributed by atoms with Gasteiger partial charge >= 0.3 is 0 Å². The van der Waals surface area contributed by atoms with E-state index >= 15 is 0 Å². The highest BCUT2D eigenvalue weighted by atomic mass is 32.1. The van der Waals surface area contributed by atoms with Crippen LogP contribution in [0.3, 0.4) is 0 Å². The Bertz CT molecular complexity index is 460. The van der Waals surface area contributed by atoms with Gasteiger partial charge in [0.1, 0.15) is 0 Å². The molecule has 0 fully saturated rings. The standard InChI is InChI=1S/C11H9NS3/c13-10(8-3-1-5-12-7-8)11(14)9-4-2-6-15-9/h1-7,13-14H/b11-10+. The van der Waals surface area contributed by atoms with Crippen molar-refractivity contribution >= 4 is 46.4 Å². The molecule has 1 nitrogen and oxygen atoms in total. The number of thiophene rings is 1. The number of hydrogen-bond donors (Lipinski definition) is 2. The third-order valence-corrected chi connectivity index (χ3v) is 4.08. The van der Waals surface area contributed by atoms with Crippen LogP contribution >= 0.6 is 36.6 Å². The van der Waals surface area contributed by atoms with Crippen LogP contribution < -0.4 is 0 Å². The topological polar surface area (TPSA) is 12.9 Å². The van der Waals surface area contributed by atoms with E-state index in [1.807, 2.05) is 29.6 Å². The summed E-state index contributed by atoms with van der Waals surface area (Å²) in [5, 5.41) is 2.02. The SMILES string of the molecule is S/C(=C(/S)c1cccs1)c1cccnc1. The Morgan fingerprint density at radius 2 is 2.00 bits per heavy atom. The number of thiol groups is 2. The maximum absolute atomic E-state index is 4.48. The van der Waals surface area contributed by atoms with Crippen LogP contribution in [0.4, 0.5) is 0 Å². The first-order chi connectivity index (χ1) is 7.29. The van der Waals surface area contributed by atoms with Gasteiger partial charge in [-0.2, -0.15) is 0 Å². The molecule has 0 saturated heterocycles. The summed E-state index contributed by atoms with van der Waals surface area (Å²) in [6.07, 6.45) is 3.53. The Labute approximate surface area is 104 Å². The molecular weight excluding hydrogens is 242 g/mol. The van der Waals surface area contributed by atoms with Crippen molar-refractivity contribution in [2.24, 2.45) is 0 Å². The molecule has 2 aromatic heterocycles. The molecule has 0 aliphatic rings. The van der Waals surface area contributed by atoms with Gasteiger partial charge in [-0.25, -0.2) is 0 Å². The van der Waals surface area contributed by atoms with Crippen LogP contribution in [0.5, 0.6) is 0 Å². The number of pyridine rings is 1. The van der Waals surface area contributed by atoms with Crippen molar-refractivity contribution < 1.29 is 0 Å². The molecule has 2 rings (SSSR count). The number of nitrogens with zero attached hydrogens (tertiary/aromatic N) is 1. The van der Waals surface area contributed by atoms with Gasteiger partial charge in [0.25, 0.3) is 0 Å². The zero-order valence-electron chi connectivity index (χ0n) is 7.79. The third kappa shape index (κ3) is 2.45. The lowest BCUT2D eigenvalue weighted by Gasteiger charge is -2.03. The molecule has 0 aliphatic carbocycles. The van der Waals surface area contributed by atoms with Crippen LogP contribution in [-0.2, 0) is 0 Å². The summed E-state index contributed by atoms with van der Waals surface area (Å²) in [6.45, 7) is 0. The molecule has 76 valence electrons. The smallest absolute Gasteiger partial charge is 0.0415 e. The van der Waals surface area contributed by atoms with E-state index in [9.17, 15) is 0 Å². The summed E-state index contributed by atoms with van der Waals surface area (Å²) in [7, 11) is 0. The van der Waals surface area contributed by atoms with Crippen molar-refractivity contribution in [2.75, 3.05) is 0 Å². The number of rotatable bonds is 2. The molecule has 4 heteroatoms. The van der Waals surface area contributed by atoms with Crippen LogP contribution in [0, 0.1) is 0 Å². The molecule has 0 bridgehead atoms. The van der Waals surface area contributed by atoms with E-state index in [0.717, 1.165) is 20.3 Å². The molecule has 15 heavy (non-hydrogen) atoms. The summed E-state index contributed by atoms with van der Waals surface area (Å²) in [5.74, 6) is 0. The van der Waals surface area contributed by atoms with Crippen LogP contribution in [0.1, 0.15) is 10.4 Å². The molecule has 0 radical (unpaired) electrons. The summed E-state index contributed by atoms with van der Waals surface area (Å²) in [5.41, 5.74) is 0.985. The average molecular weight is 251 g/mol. The highest BCUT2D eigenvalue weighted by Crippen LogP contribution is 2.33. The Balaban J connectivity index is 2.42. The zero-order valence-corrected chi connectivity index (χ0v) is 10.4. The summed E-state index contributed by atoms with van der Waals surface area (Å²) in [6, 6.07) is 7.89. The van der Waals surface area contributed by atoms with E-state index in [4.69, 9.17) is 0 Å². The maximum Gasteiger partial charge on any atom is 0.0415 e. The van der Waals surface area contributed by atoms with Gasteiger partial charge in [-0.05, 0) is 17.5 Å². The Hall–Kier alpha value is -0.710. The van der Waals surface area contributed by atoms with Gasteiger partial charge in [0, 0.05) is 32.6 Å². The lowest BCUT2D eigenvalue weighted by Crippen LogP contribution is -1.81. The Morgan fingerprint density at radius 1 is 1.13 bits per heavy atom. The van der Waals surface area contributed by atoms with E-state index in [1.54, 1.807) is 23.7 Å². The lowest BCUT2D eigenvalue weighted by molar-refractivity contribution is 1.32. The molecule has 0 amide bonds. The molecule has 0 unspecified atom stereocenters.